The van der Waals surface area contributed by atoms with Gasteiger partial charge in [0.2, 0.25) is 5.88 Å². The first-order valence-electron chi connectivity index (χ1n) is 11.5. The summed E-state index contributed by atoms with van der Waals surface area (Å²) in [6, 6.07) is 3.11. The van der Waals surface area contributed by atoms with E-state index in [4.69, 9.17) is 9.84 Å². The Kier molecular flexibility index (Phi) is 12.3. The number of aromatic hydroxyl groups is 1. The third kappa shape index (κ3) is 9.49. The number of allylic oxidation sites excluding steroid dienone is 10. The van der Waals surface area contributed by atoms with E-state index < -0.39 is 11.7 Å². The van der Waals surface area contributed by atoms with Gasteiger partial charge in [-0.25, -0.2) is 4.98 Å². The molecular formula is C27H37F3N2O2. The molecule has 1 aromatic rings. The molecule has 0 saturated carbocycles. The van der Waals surface area contributed by atoms with Crippen LogP contribution in [0.4, 0.5) is 13.2 Å². The molecule has 0 aliphatic carbocycles. The van der Waals surface area contributed by atoms with Crippen molar-refractivity contribution in [1.82, 2.24) is 9.88 Å². The molecule has 1 saturated heterocycles. The molecule has 0 aromatic carbocycles. The lowest BCUT2D eigenvalue weighted by atomic mass is 9.95. The van der Waals surface area contributed by atoms with Gasteiger partial charge in [-0.05, 0) is 68.9 Å². The van der Waals surface area contributed by atoms with Crippen LogP contribution in [-0.2, 0) is 0 Å². The Morgan fingerprint density at radius 2 is 1.97 bits per heavy atom. The molecule has 1 N–H and O–H groups in total. The first kappa shape index (κ1) is 29.1. The maximum Gasteiger partial charge on any atom is 0.416 e. The number of rotatable bonds is 7. The standard InChI is InChI=1S/C21H30F3N.C6H7NO2/c1-6-10-17(14-18(11-7-2)21(22,23)24)20(16(4)8-3)15-19-12-9-13-25(19)5;1-9-6-3-2-5(8)4-7-6/h6,10-11,14-15H,7-9,12-13H2,1-5H3;2-4,8H,1H3/b10-6-,17-14+,18-11-,19-15-,20-16?;. The first-order valence-corrected chi connectivity index (χ1v) is 11.5. The molecule has 2 rings (SSSR count). The second-order valence-electron chi connectivity index (χ2n) is 7.93. The van der Waals surface area contributed by atoms with Crippen LogP contribution in [0.1, 0.15) is 53.4 Å². The van der Waals surface area contributed by atoms with Gasteiger partial charge in [0.05, 0.1) is 18.9 Å². The lowest BCUT2D eigenvalue weighted by molar-refractivity contribution is -0.0884. The largest absolute Gasteiger partial charge is 0.506 e. The van der Waals surface area contributed by atoms with Crippen LogP contribution in [0.5, 0.6) is 11.6 Å². The molecule has 1 aliphatic rings. The fraction of sp³-hybridized carbons (Fsp3) is 0.444. The molecule has 0 bridgehead atoms. The van der Waals surface area contributed by atoms with E-state index in [-0.39, 0.29) is 5.75 Å². The Bertz CT molecular complexity index is 924. The van der Waals surface area contributed by atoms with E-state index in [9.17, 15) is 13.2 Å². The van der Waals surface area contributed by atoms with E-state index >= 15 is 0 Å². The Hall–Kier alpha value is -2.96. The number of aromatic nitrogens is 1. The van der Waals surface area contributed by atoms with Crippen LogP contribution in [-0.4, -0.2) is 41.9 Å². The van der Waals surface area contributed by atoms with Gasteiger partial charge in [0.25, 0.3) is 0 Å². The number of nitrogens with zero attached hydrogens (tertiary/aromatic N) is 2. The van der Waals surface area contributed by atoms with Gasteiger partial charge >= 0.3 is 6.18 Å². The van der Waals surface area contributed by atoms with Gasteiger partial charge in [-0.15, -0.1) is 0 Å². The normalized spacial score (nSPS) is 17.1. The lowest BCUT2D eigenvalue weighted by Gasteiger charge is -2.17. The van der Waals surface area contributed by atoms with Crippen LogP contribution >= 0.6 is 0 Å². The number of hydrogen-bond donors (Lipinski definition) is 1. The summed E-state index contributed by atoms with van der Waals surface area (Å²) in [6.45, 7) is 8.58. The van der Waals surface area contributed by atoms with E-state index in [0.717, 1.165) is 37.0 Å². The summed E-state index contributed by atoms with van der Waals surface area (Å²) >= 11 is 0. The summed E-state index contributed by atoms with van der Waals surface area (Å²) < 4.78 is 44.8. The van der Waals surface area contributed by atoms with Crippen LogP contribution in [0.15, 0.2) is 76.7 Å². The van der Waals surface area contributed by atoms with Gasteiger partial charge in [-0.2, -0.15) is 13.2 Å². The molecular weight excluding hydrogens is 441 g/mol. The first-order chi connectivity index (χ1) is 16.1. The molecule has 2 heterocycles. The molecule has 4 nitrogen and oxygen atoms in total. The van der Waals surface area contributed by atoms with Crippen molar-refractivity contribution in [1.29, 1.82) is 0 Å². The van der Waals surface area contributed by atoms with Crippen molar-refractivity contribution in [2.45, 2.75) is 59.6 Å². The average molecular weight is 479 g/mol. The number of pyridine rings is 1. The third-order valence-electron chi connectivity index (χ3n) is 5.37. The smallest absolute Gasteiger partial charge is 0.416 e. The average Bonchev–Trinajstić information content (AvgIpc) is 3.21. The summed E-state index contributed by atoms with van der Waals surface area (Å²) in [5.74, 6) is 0.656. The minimum Gasteiger partial charge on any atom is -0.506 e. The van der Waals surface area contributed by atoms with E-state index in [1.54, 1.807) is 25.1 Å². The monoisotopic (exact) mass is 478 g/mol. The second kappa shape index (κ2) is 14.3. The quantitative estimate of drug-likeness (QED) is 0.412. The van der Waals surface area contributed by atoms with Crippen molar-refractivity contribution in [2.75, 3.05) is 20.7 Å². The molecule has 0 radical (unpaired) electrons. The molecule has 1 aromatic heterocycles. The minimum atomic E-state index is -4.34. The Morgan fingerprint density at radius 1 is 1.26 bits per heavy atom. The lowest BCUT2D eigenvalue weighted by Crippen LogP contribution is -2.12. The topological polar surface area (TPSA) is 45.6 Å². The van der Waals surface area contributed by atoms with Crippen molar-refractivity contribution in [2.24, 2.45) is 0 Å². The molecule has 0 unspecified atom stereocenters. The van der Waals surface area contributed by atoms with E-state index in [1.807, 2.05) is 27.8 Å². The van der Waals surface area contributed by atoms with E-state index in [1.165, 1.54) is 37.2 Å². The van der Waals surface area contributed by atoms with Gasteiger partial charge < -0.3 is 14.7 Å². The zero-order valence-electron chi connectivity index (χ0n) is 21.0. The summed E-state index contributed by atoms with van der Waals surface area (Å²) in [5, 5.41) is 8.73. The van der Waals surface area contributed by atoms with Crippen molar-refractivity contribution >= 4 is 0 Å². The predicted molar refractivity (Wildman–Crippen MR) is 133 cm³/mol. The number of ether oxygens (including phenoxy) is 1. The Morgan fingerprint density at radius 3 is 2.41 bits per heavy atom. The van der Waals surface area contributed by atoms with Crippen molar-refractivity contribution in [3.05, 3.63) is 76.7 Å². The summed E-state index contributed by atoms with van der Waals surface area (Å²) in [6.07, 6.45) is 8.37. The van der Waals surface area contributed by atoms with Gasteiger partial charge in [0, 0.05) is 25.4 Å². The van der Waals surface area contributed by atoms with Gasteiger partial charge in [-0.3, -0.25) is 0 Å². The van der Waals surface area contributed by atoms with Crippen molar-refractivity contribution in [3.63, 3.8) is 0 Å². The van der Waals surface area contributed by atoms with Gasteiger partial charge in [-0.1, -0.05) is 37.6 Å². The molecule has 0 amide bonds. The SMILES string of the molecule is COc1ccc(O)cn1.C\C=C/C(=C\C(=C\CC)C(F)(F)F)C(/C=C1/CCCN1C)=C(C)CC. The van der Waals surface area contributed by atoms with Gasteiger partial charge in [0.15, 0.2) is 0 Å². The fourth-order valence-electron chi connectivity index (χ4n) is 3.36. The van der Waals surface area contributed by atoms with Crippen molar-refractivity contribution in [3.8, 4) is 11.6 Å². The predicted octanol–water partition coefficient (Wildman–Crippen LogP) is 7.52. The molecule has 34 heavy (non-hydrogen) atoms. The molecule has 0 spiro atoms. The van der Waals surface area contributed by atoms with Crippen LogP contribution < -0.4 is 4.74 Å². The van der Waals surface area contributed by atoms with E-state index in [2.05, 4.69) is 16.0 Å². The zero-order chi connectivity index (χ0) is 25.7. The van der Waals surface area contributed by atoms with Gasteiger partial charge in [0.1, 0.15) is 5.75 Å². The third-order valence-corrected chi connectivity index (χ3v) is 5.37. The van der Waals surface area contributed by atoms with Crippen molar-refractivity contribution < 1.29 is 23.0 Å². The number of methoxy groups -OCH3 is 1. The highest BCUT2D eigenvalue weighted by Gasteiger charge is 2.32. The van der Waals surface area contributed by atoms with Crippen LogP contribution in [0.2, 0.25) is 0 Å². The number of likely N-dealkylation sites (tertiary alicyclic amines) is 1. The molecule has 7 heteroatoms. The van der Waals surface area contributed by atoms with Crippen LogP contribution in [0, 0.1) is 0 Å². The Labute approximate surface area is 201 Å². The van der Waals surface area contributed by atoms with Crippen LogP contribution in [0.3, 0.4) is 0 Å². The highest BCUT2D eigenvalue weighted by Crippen LogP contribution is 2.32. The summed E-state index contributed by atoms with van der Waals surface area (Å²) in [7, 11) is 3.56. The minimum absolute atomic E-state index is 0.149. The fourth-order valence-corrected chi connectivity index (χ4v) is 3.36. The molecule has 1 fully saturated rings. The molecule has 188 valence electrons. The highest BCUT2D eigenvalue weighted by molar-refractivity contribution is 5.53. The molecule has 1 aliphatic heterocycles. The maximum absolute atomic E-state index is 13.3. The second-order valence-corrected chi connectivity index (χ2v) is 7.93. The van der Waals surface area contributed by atoms with E-state index in [0.29, 0.717) is 17.9 Å². The Balaban J connectivity index is 0.000000533. The zero-order valence-corrected chi connectivity index (χ0v) is 21.0. The number of halogens is 3. The maximum atomic E-state index is 13.3. The number of hydrogen-bond acceptors (Lipinski definition) is 4. The summed E-state index contributed by atoms with van der Waals surface area (Å²) in [5.41, 5.74) is 3.21. The highest BCUT2D eigenvalue weighted by atomic mass is 19.4. The number of alkyl halides is 3. The molecule has 0 atom stereocenters. The van der Waals surface area contributed by atoms with Crippen LogP contribution in [0.25, 0.3) is 0 Å². The summed E-state index contributed by atoms with van der Waals surface area (Å²) in [4.78, 5) is 5.91.